The van der Waals surface area contributed by atoms with E-state index in [9.17, 15) is 13.2 Å². The molecule has 5 nitrogen and oxygen atoms in total. The maximum absolute atomic E-state index is 12.9. The van der Waals surface area contributed by atoms with Crippen molar-refractivity contribution in [2.24, 2.45) is 0 Å². The van der Waals surface area contributed by atoms with Gasteiger partial charge in [0.15, 0.2) is 0 Å². The van der Waals surface area contributed by atoms with Crippen LogP contribution in [0.15, 0.2) is 53.4 Å². The summed E-state index contributed by atoms with van der Waals surface area (Å²) < 4.78 is 27.3. The Bertz CT molecular complexity index is 892. The molecule has 138 valence electrons. The predicted octanol–water partition coefficient (Wildman–Crippen LogP) is 3.23. The molecule has 1 aliphatic heterocycles. The highest BCUT2D eigenvalue weighted by molar-refractivity contribution is 7.89. The zero-order valence-corrected chi connectivity index (χ0v) is 16.1. The van der Waals surface area contributed by atoms with Gasteiger partial charge in [-0.15, -0.1) is 0 Å². The van der Waals surface area contributed by atoms with Crippen LogP contribution in [0.25, 0.3) is 0 Å². The van der Waals surface area contributed by atoms with Gasteiger partial charge in [-0.1, -0.05) is 35.9 Å². The second kappa shape index (κ2) is 7.78. The van der Waals surface area contributed by atoms with Crippen molar-refractivity contribution in [2.45, 2.75) is 30.7 Å². The van der Waals surface area contributed by atoms with Crippen LogP contribution < -0.4 is 5.32 Å². The van der Waals surface area contributed by atoms with Crippen LogP contribution in [-0.4, -0.2) is 37.8 Å². The number of halogens is 1. The minimum atomic E-state index is -3.58. The predicted molar refractivity (Wildman–Crippen MR) is 102 cm³/mol. The second-order valence-electron chi connectivity index (χ2n) is 6.38. The molecule has 3 rings (SSSR count). The Balaban J connectivity index is 1.65. The highest BCUT2D eigenvalue weighted by Crippen LogP contribution is 2.27. The SMILES string of the molecule is Cc1c(Cl)cccc1S(=O)(=O)N1CCC(NC(=O)c2ccccc2)CC1. The Hall–Kier alpha value is -1.89. The van der Waals surface area contributed by atoms with Crippen LogP contribution >= 0.6 is 11.6 Å². The molecule has 1 aliphatic rings. The van der Waals surface area contributed by atoms with Gasteiger partial charge in [-0.3, -0.25) is 4.79 Å². The van der Waals surface area contributed by atoms with Crippen molar-refractivity contribution in [1.29, 1.82) is 0 Å². The Kier molecular flexibility index (Phi) is 5.65. The molecular formula is C19H21ClN2O3S. The first-order valence-corrected chi connectivity index (χ1v) is 10.3. The number of benzene rings is 2. The van der Waals surface area contributed by atoms with Crippen LogP contribution in [0, 0.1) is 6.92 Å². The summed E-state index contributed by atoms with van der Waals surface area (Å²) in [5.74, 6) is -0.127. The molecule has 0 saturated carbocycles. The third-order valence-corrected chi connectivity index (χ3v) is 7.11. The number of carbonyl (C=O) groups is 1. The molecule has 1 heterocycles. The first kappa shape index (κ1) is 18.9. The number of amides is 1. The van der Waals surface area contributed by atoms with Crippen LogP contribution in [0.4, 0.5) is 0 Å². The minimum Gasteiger partial charge on any atom is -0.349 e. The molecule has 2 aromatic carbocycles. The molecule has 26 heavy (non-hydrogen) atoms. The third-order valence-electron chi connectivity index (χ3n) is 4.66. The summed E-state index contributed by atoms with van der Waals surface area (Å²) in [5, 5.41) is 3.43. The van der Waals surface area contributed by atoms with Gasteiger partial charge in [-0.2, -0.15) is 4.31 Å². The lowest BCUT2D eigenvalue weighted by atomic mass is 10.1. The molecule has 0 spiro atoms. The summed E-state index contributed by atoms with van der Waals surface area (Å²) in [5.41, 5.74) is 1.17. The maximum Gasteiger partial charge on any atom is 0.251 e. The molecule has 7 heteroatoms. The third kappa shape index (κ3) is 3.92. The smallest absolute Gasteiger partial charge is 0.251 e. The molecular weight excluding hydrogens is 372 g/mol. The summed E-state index contributed by atoms with van der Waals surface area (Å²) in [7, 11) is -3.58. The molecule has 1 saturated heterocycles. The number of carbonyl (C=O) groups excluding carboxylic acids is 1. The molecule has 1 N–H and O–H groups in total. The standard InChI is InChI=1S/C19H21ClN2O3S/c1-14-17(20)8-5-9-18(14)26(24,25)22-12-10-16(11-13-22)21-19(23)15-6-3-2-4-7-15/h2-9,16H,10-13H2,1H3,(H,21,23). The van der Waals surface area contributed by atoms with Crippen molar-refractivity contribution < 1.29 is 13.2 Å². The second-order valence-corrected chi connectivity index (χ2v) is 8.69. The summed E-state index contributed by atoms with van der Waals surface area (Å²) in [6, 6.07) is 13.9. The fraction of sp³-hybridized carbons (Fsp3) is 0.316. The molecule has 0 unspecified atom stereocenters. The van der Waals surface area contributed by atoms with Crippen LogP contribution in [0.3, 0.4) is 0 Å². The first-order valence-electron chi connectivity index (χ1n) is 8.51. The number of rotatable bonds is 4. The van der Waals surface area contributed by atoms with E-state index >= 15 is 0 Å². The van der Waals surface area contributed by atoms with Crippen molar-refractivity contribution >= 4 is 27.5 Å². The average molecular weight is 393 g/mol. The lowest BCUT2D eigenvalue weighted by molar-refractivity contribution is 0.0924. The molecule has 0 aliphatic carbocycles. The Morgan fingerprint density at radius 3 is 2.38 bits per heavy atom. The topological polar surface area (TPSA) is 66.5 Å². The number of hydrogen-bond acceptors (Lipinski definition) is 3. The first-order chi connectivity index (χ1) is 12.4. The van der Waals surface area contributed by atoms with Gasteiger partial charge in [0, 0.05) is 29.7 Å². The van der Waals surface area contributed by atoms with E-state index in [4.69, 9.17) is 11.6 Å². The Labute approximate surface area is 159 Å². The Morgan fingerprint density at radius 2 is 1.73 bits per heavy atom. The quantitative estimate of drug-likeness (QED) is 0.868. The van der Waals surface area contributed by atoms with E-state index < -0.39 is 10.0 Å². The van der Waals surface area contributed by atoms with Crippen molar-refractivity contribution in [2.75, 3.05) is 13.1 Å². The summed E-state index contributed by atoms with van der Waals surface area (Å²) in [6.45, 7) is 2.45. The van der Waals surface area contributed by atoms with Crippen LogP contribution in [0.2, 0.25) is 5.02 Å². The zero-order chi connectivity index (χ0) is 18.7. The fourth-order valence-electron chi connectivity index (χ4n) is 3.10. The zero-order valence-electron chi connectivity index (χ0n) is 14.5. The fourth-order valence-corrected chi connectivity index (χ4v) is 5.05. The van der Waals surface area contributed by atoms with E-state index in [1.54, 1.807) is 37.3 Å². The van der Waals surface area contributed by atoms with E-state index in [1.807, 2.05) is 18.2 Å². The molecule has 1 amide bonds. The number of nitrogens with one attached hydrogen (secondary N) is 1. The van der Waals surface area contributed by atoms with Crippen LogP contribution in [0.5, 0.6) is 0 Å². The molecule has 0 radical (unpaired) electrons. The van der Waals surface area contributed by atoms with E-state index in [1.165, 1.54) is 4.31 Å². The minimum absolute atomic E-state index is 0.0328. The molecule has 1 fully saturated rings. The monoisotopic (exact) mass is 392 g/mol. The summed E-state index contributed by atoms with van der Waals surface area (Å²) >= 11 is 6.07. The van der Waals surface area contributed by atoms with Gasteiger partial charge in [-0.05, 0) is 49.6 Å². The van der Waals surface area contributed by atoms with Gasteiger partial charge in [0.25, 0.3) is 5.91 Å². The van der Waals surface area contributed by atoms with Crippen molar-refractivity contribution in [3.8, 4) is 0 Å². The van der Waals surface area contributed by atoms with Gasteiger partial charge < -0.3 is 5.32 Å². The highest BCUT2D eigenvalue weighted by Gasteiger charge is 2.31. The van der Waals surface area contributed by atoms with Gasteiger partial charge in [-0.25, -0.2) is 8.42 Å². The van der Waals surface area contributed by atoms with Crippen LogP contribution in [0.1, 0.15) is 28.8 Å². The average Bonchev–Trinajstić information content (AvgIpc) is 2.65. The van der Waals surface area contributed by atoms with Crippen molar-refractivity contribution in [1.82, 2.24) is 9.62 Å². The highest BCUT2D eigenvalue weighted by atomic mass is 35.5. The lowest BCUT2D eigenvalue weighted by Gasteiger charge is -2.32. The normalized spacial score (nSPS) is 16.4. The van der Waals surface area contributed by atoms with Crippen molar-refractivity contribution in [3.05, 3.63) is 64.7 Å². The number of piperidine rings is 1. The lowest BCUT2D eigenvalue weighted by Crippen LogP contribution is -2.46. The van der Waals surface area contributed by atoms with Gasteiger partial charge in [0.2, 0.25) is 10.0 Å². The van der Waals surface area contributed by atoms with Gasteiger partial charge >= 0.3 is 0 Å². The van der Waals surface area contributed by atoms with Gasteiger partial charge in [0.1, 0.15) is 0 Å². The van der Waals surface area contributed by atoms with E-state index in [2.05, 4.69) is 5.32 Å². The van der Waals surface area contributed by atoms with E-state index in [-0.39, 0.29) is 16.8 Å². The van der Waals surface area contributed by atoms with Gasteiger partial charge in [0.05, 0.1) is 4.90 Å². The largest absolute Gasteiger partial charge is 0.349 e. The Morgan fingerprint density at radius 1 is 1.08 bits per heavy atom. The summed E-state index contributed by atoms with van der Waals surface area (Å²) in [4.78, 5) is 12.5. The molecule has 0 bridgehead atoms. The number of nitrogens with zero attached hydrogens (tertiary/aromatic N) is 1. The molecule has 2 aromatic rings. The maximum atomic E-state index is 12.9. The van der Waals surface area contributed by atoms with Crippen LogP contribution in [-0.2, 0) is 10.0 Å². The van der Waals surface area contributed by atoms with Crippen molar-refractivity contribution in [3.63, 3.8) is 0 Å². The number of sulfonamides is 1. The molecule has 0 aromatic heterocycles. The molecule has 0 atom stereocenters. The van der Waals surface area contributed by atoms with E-state index in [0.717, 1.165) is 0 Å². The van der Waals surface area contributed by atoms with E-state index in [0.29, 0.717) is 42.1 Å². The summed E-state index contributed by atoms with van der Waals surface area (Å²) in [6.07, 6.45) is 1.16. The number of hydrogen-bond donors (Lipinski definition) is 1.